The molecule has 0 bridgehead atoms. The van der Waals surface area contributed by atoms with Crippen molar-refractivity contribution in [2.45, 2.75) is 38.4 Å². The number of halogens is 1. The molecule has 0 saturated heterocycles. The SMILES string of the molecule is CSc1nnc(CCCN=Cc2cc(Cl)cc([N+](=O)[O-])c2[O-])n1CC(C)C. The Morgan fingerprint density at radius 2 is 2.15 bits per heavy atom. The summed E-state index contributed by atoms with van der Waals surface area (Å²) >= 11 is 7.40. The normalized spacial score (nSPS) is 11.6. The van der Waals surface area contributed by atoms with Gasteiger partial charge in [-0.1, -0.05) is 37.2 Å². The molecule has 0 aliphatic rings. The van der Waals surface area contributed by atoms with E-state index in [1.54, 1.807) is 11.8 Å². The topological polar surface area (TPSA) is 109 Å². The number of rotatable bonds is 9. The van der Waals surface area contributed by atoms with E-state index in [9.17, 15) is 15.2 Å². The second-order valence-corrected chi connectivity index (χ2v) is 7.56. The van der Waals surface area contributed by atoms with E-state index in [4.69, 9.17) is 11.6 Å². The summed E-state index contributed by atoms with van der Waals surface area (Å²) in [5.74, 6) is 0.707. The third-order valence-electron chi connectivity index (χ3n) is 3.70. The van der Waals surface area contributed by atoms with Gasteiger partial charge in [-0.25, -0.2) is 0 Å². The Kier molecular flexibility index (Phi) is 7.61. The Morgan fingerprint density at radius 3 is 2.78 bits per heavy atom. The number of nitro groups is 1. The first-order chi connectivity index (χ1) is 12.8. The number of thioether (sulfide) groups is 1. The fraction of sp³-hybridized carbons (Fsp3) is 0.471. The highest BCUT2D eigenvalue weighted by Crippen LogP contribution is 2.30. The number of benzene rings is 1. The molecule has 0 saturated carbocycles. The highest BCUT2D eigenvalue weighted by Gasteiger charge is 2.13. The van der Waals surface area contributed by atoms with Gasteiger partial charge in [0.25, 0.3) is 5.69 Å². The Labute approximate surface area is 166 Å². The average Bonchev–Trinajstić information content (AvgIpc) is 2.98. The van der Waals surface area contributed by atoms with Crippen molar-refractivity contribution in [1.29, 1.82) is 0 Å². The monoisotopic (exact) mass is 410 g/mol. The van der Waals surface area contributed by atoms with Gasteiger partial charge in [-0.05, 0) is 36.0 Å². The van der Waals surface area contributed by atoms with E-state index in [0.717, 1.165) is 30.0 Å². The van der Waals surface area contributed by atoms with Crippen LogP contribution in [0.3, 0.4) is 0 Å². The summed E-state index contributed by atoms with van der Waals surface area (Å²) in [6.45, 7) is 5.60. The van der Waals surface area contributed by atoms with Crippen LogP contribution < -0.4 is 5.11 Å². The number of nitro benzene ring substituents is 1. The minimum atomic E-state index is -0.740. The molecule has 0 amide bonds. The number of aryl methyl sites for hydroxylation is 1. The lowest BCUT2D eigenvalue weighted by atomic mass is 10.2. The number of aromatic nitrogens is 3. The molecule has 1 aromatic heterocycles. The molecule has 10 heteroatoms. The smallest absolute Gasteiger partial charge is 0.263 e. The number of nitrogens with zero attached hydrogens (tertiary/aromatic N) is 5. The number of hydrogen-bond acceptors (Lipinski definition) is 7. The van der Waals surface area contributed by atoms with E-state index in [-0.39, 0.29) is 10.6 Å². The standard InChI is InChI=1S/C17H22ClN5O3S/c1-11(2)10-22-15(20-21-17(22)27-3)5-4-6-19-9-12-7-13(18)8-14(16(12)24)23(25)26/h7-9,11,24H,4-6,10H2,1-3H3/p-1. The summed E-state index contributed by atoms with van der Waals surface area (Å²) in [6.07, 6.45) is 4.74. The van der Waals surface area contributed by atoms with Crippen molar-refractivity contribution in [3.8, 4) is 5.75 Å². The van der Waals surface area contributed by atoms with Crippen LogP contribution in [0, 0.1) is 16.0 Å². The largest absolute Gasteiger partial charge is 0.867 e. The summed E-state index contributed by atoms with van der Waals surface area (Å²) in [4.78, 5) is 14.3. The zero-order valence-electron chi connectivity index (χ0n) is 15.4. The van der Waals surface area contributed by atoms with Gasteiger partial charge < -0.3 is 9.67 Å². The fourth-order valence-corrected chi connectivity index (χ4v) is 3.27. The van der Waals surface area contributed by atoms with Crippen molar-refractivity contribution in [3.05, 3.63) is 38.7 Å². The summed E-state index contributed by atoms with van der Waals surface area (Å²) < 4.78 is 2.12. The van der Waals surface area contributed by atoms with Crippen molar-refractivity contribution in [1.82, 2.24) is 14.8 Å². The maximum Gasteiger partial charge on any atom is 0.263 e. The van der Waals surface area contributed by atoms with Crippen molar-refractivity contribution in [3.63, 3.8) is 0 Å². The fourth-order valence-electron chi connectivity index (χ4n) is 2.53. The van der Waals surface area contributed by atoms with Crippen LogP contribution in [0.1, 0.15) is 31.7 Å². The molecular formula is C17H21ClN5O3S-. The molecule has 0 unspecified atom stereocenters. The van der Waals surface area contributed by atoms with Crippen molar-refractivity contribution < 1.29 is 10.0 Å². The molecule has 0 fully saturated rings. The van der Waals surface area contributed by atoms with Gasteiger partial charge >= 0.3 is 0 Å². The van der Waals surface area contributed by atoms with Gasteiger partial charge in [0.2, 0.25) is 0 Å². The molecule has 0 aliphatic heterocycles. The van der Waals surface area contributed by atoms with Crippen LogP contribution in [-0.2, 0) is 13.0 Å². The molecule has 146 valence electrons. The van der Waals surface area contributed by atoms with Crippen LogP contribution in [-0.4, -0.2) is 38.7 Å². The van der Waals surface area contributed by atoms with Gasteiger partial charge in [0.05, 0.1) is 4.92 Å². The van der Waals surface area contributed by atoms with Gasteiger partial charge in [-0.3, -0.25) is 15.1 Å². The van der Waals surface area contributed by atoms with Gasteiger partial charge in [-0.2, -0.15) is 0 Å². The molecule has 0 radical (unpaired) electrons. The molecule has 8 nitrogen and oxygen atoms in total. The maximum absolute atomic E-state index is 12.0. The predicted octanol–water partition coefficient (Wildman–Crippen LogP) is 3.34. The van der Waals surface area contributed by atoms with Gasteiger partial charge in [0.1, 0.15) is 5.82 Å². The third kappa shape index (κ3) is 5.67. The highest BCUT2D eigenvalue weighted by molar-refractivity contribution is 7.98. The minimum absolute atomic E-state index is 0.113. The summed E-state index contributed by atoms with van der Waals surface area (Å²) in [5.41, 5.74) is -0.433. The second-order valence-electron chi connectivity index (χ2n) is 6.35. The number of aliphatic imine (C=N–C) groups is 1. The van der Waals surface area contributed by atoms with E-state index in [0.29, 0.717) is 18.9 Å². The Morgan fingerprint density at radius 1 is 1.41 bits per heavy atom. The lowest BCUT2D eigenvalue weighted by Gasteiger charge is -2.11. The van der Waals surface area contributed by atoms with Crippen LogP contribution in [0.4, 0.5) is 5.69 Å². The van der Waals surface area contributed by atoms with Crippen LogP contribution in [0.5, 0.6) is 5.75 Å². The first-order valence-electron chi connectivity index (χ1n) is 8.44. The molecule has 2 rings (SSSR count). The van der Waals surface area contributed by atoms with Crippen molar-refractivity contribution in [2.24, 2.45) is 10.9 Å². The molecule has 0 spiro atoms. The van der Waals surface area contributed by atoms with Crippen LogP contribution in [0.25, 0.3) is 0 Å². The molecule has 1 aromatic carbocycles. The quantitative estimate of drug-likeness (QED) is 0.206. The van der Waals surface area contributed by atoms with E-state index in [2.05, 4.69) is 33.6 Å². The molecule has 2 aromatic rings. The van der Waals surface area contributed by atoms with Gasteiger partial charge in [0.15, 0.2) is 5.16 Å². The Balaban J connectivity index is 2.00. The highest BCUT2D eigenvalue weighted by atomic mass is 35.5. The van der Waals surface area contributed by atoms with E-state index >= 15 is 0 Å². The molecule has 0 N–H and O–H groups in total. The van der Waals surface area contributed by atoms with Crippen LogP contribution in [0.2, 0.25) is 5.02 Å². The average molecular weight is 411 g/mol. The first kappa shape index (κ1) is 21.2. The molecule has 1 heterocycles. The van der Waals surface area contributed by atoms with Crippen molar-refractivity contribution >= 4 is 35.3 Å². The first-order valence-corrected chi connectivity index (χ1v) is 10.0. The summed E-state index contributed by atoms with van der Waals surface area (Å²) in [5, 5.41) is 32.4. The lowest BCUT2D eigenvalue weighted by molar-refractivity contribution is -0.398. The van der Waals surface area contributed by atoms with Crippen LogP contribution >= 0.6 is 23.4 Å². The van der Waals surface area contributed by atoms with Gasteiger partial charge in [-0.15, -0.1) is 10.2 Å². The summed E-state index contributed by atoms with van der Waals surface area (Å²) in [7, 11) is 0. The zero-order valence-corrected chi connectivity index (χ0v) is 17.0. The maximum atomic E-state index is 12.0. The summed E-state index contributed by atoms with van der Waals surface area (Å²) in [6, 6.07) is 2.43. The molecule has 0 atom stereocenters. The second kappa shape index (κ2) is 9.70. The van der Waals surface area contributed by atoms with E-state index < -0.39 is 16.4 Å². The van der Waals surface area contributed by atoms with Gasteiger partial charge in [0, 0.05) is 36.8 Å². The molecular weight excluding hydrogens is 390 g/mol. The predicted molar refractivity (Wildman–Crippen MR) is 105 cm³/mol. The van der Waals surface area contributed by atoms with E-state index in [1.165, 1.54) is 12.3 Å². The van der Waals surface area contributed by atoms with Crippen molar-refractivity contribution in [2.75, 3.05) is 12.8 Å². The minimum Gasteiger partial charge on any atom is -0.867 e. The lowest BCUT2D eigenvalue weighted by Crippen LogP contribution is -2.10. The Bertz CT molecular complexity index is 838. The van der Waals surface area contributed by atoms with E-state index in [1.807, 2.05) is 6.26 Å². The third-order valence-corrected chi connectivity index (χ3v) is 4.59. The number of hydrogen-bond donors (Lipinski definition) is 0. The Hall–Kier alpha value is -2.13. The molecule has 27 heavy (non-hydrogen) atoms. The molecule has 0 aliphatic carbocycles. The zero-order chi connectivity index (χ0) is 20.0. The van der Waals surface area contributed by atoms with Crippen LogP contribution in [0.15, 0.2) is 22.3 Å².